The van der Waals surface area contributed by atoms with Crippen molar-refractivity contribution in [2.45, 2.75) is 6.92 Å². The second-order valence-electron chi connectivity index (χ2n) is 4.52. The number of halogens is 1. The molecular weight excluding hydrogens is 348 g/mol. The van der Waals surface area contributed by atoms with Gasteiger partial charge in [-0.2, -0.15) is 4.98 Å². The van der Waals surface area contributed by atoms with E-state index in [1.54, 1.807) is 18.2 Å². The fraction of sp³-hybridized carbons (Fsp3) is 0.0625. The Balaban J connectivity index is 1.97. The molecule has 1 heterocycles. The number of benzene rings is 2. The van der Waals surface area contributed by atoms with Gasteiger partial charge in [0.25, 0.3) is 5.89 Å². The zero-order valence-corrected chi connectivity index (χ0v) is 13.2. The molecule has 0 radical (unpaired) electrons. The number of hydrogen-bond acceptors (Lipinski definition) is 5. The smallest absolute Gasteiger partial charge is 0.308 e. The van der Waals surface area contributed by atoms with Crippen LogP contribution >= 0.6 is 15.9 Å². The number of carbonyl (C=O) groups excluding carboxylic acids is 1. The molecule has 3 aromatic rings. The van der Waals surface area contributed by atoms with Gasteiger partial charge in [0.05, 0.1) is 5.56 Å². The molecule has 2 aromatic carbocycles. The summed E-state index contributed by atoms with van der Waals surface area (Å²) in [5.41, 5.74) is 1.41. The van der Waals surface area contributed by atoms with E-state index in [1.165, 1.54) is 6.92 Å². The normalized spacial score (nSPS) is 10.5. The summed E-state index contributed by atoms with van der Waals surface area (Å²) in [6, 6.07) is 14.6. The zero-order valence-electron chi connectivity index (χ0n) is 11.6. The molecule has 0 aliphatic heterocycles. The molecule has 110 valence electrons. The Kier molecular flexibility index (Phi) is 4.02. The van der Waals surface area contributed by atoms with Crippen LogP contribution in [0, 0.1) is 0 Å². The quantitative estimate of drug-likeness (QED) is 0.521. The lowest BCUT2D eigenvalue weighted by molar-refractivity contribution is -0.131. The van der Waals surface area contributed by atoms with Gasteiger partial charge in [0.15, 0.2) is 0 Å². The molecule has 0 aliphatic carbocycles. The number of rotatable bonds is 3. The number of carbonyl (C=O) groups is 1. The van der Waals surface area contributed by atoms with Gasteiger partial charge in [-0.1, -0.05) is 33.2 Å². The maximum Gasteiger partial charge on any atom is 0.308 e. The van der Waals surface area contributed by atoms with Crippen LogP contribution in [0.25, 0.3) is 22.8 Å². The summed E-state index contributed by atoms with van der Waals surface area (Å²) in [6.07, 6.45) is 0. The van der Waals surface area contributed by atoms with Gasteiger partial charge in [0.1, 0.15) is 5.75 Å². The highest BCUT2D eigenvalue weighted by Gasteiger charge is 2.15. The summed E-state index contributed by atoms with van der Waals surface area (Å²) in [5.74, 6) is 0.760. The fourth-order valence-electron chi connectivity index (χ4n) is 1.94. The van der Waals surface area contributed by atoms with Gasteiger partial charge in [-0.25, -0.2) is 0 Å². The number of ether oxygens (including phenoxy) is 1. The first-order valence-electron chi connectivity index (χ1n) is 6.51. The van der Waals surface area contributed by atoms with E-state index in [2.05, 4.69) is 26.1 Å². The van der Waals surface area contributed by atoms with Crippen LogP contribution in [-0.4, -0.2) is 16.1 Å². The highest BCUT2D eigenvalue weighted by Crippen LogP contribution is 2.30. The standard InChI is InChI=1S/C16H11BrN2O3/c1-10(20)21-14-5-3-2-4-13(14)16-18-15(19-22-16)11-6-8-12(17)9-7-11/h2-9H,1H3. The van der Waals surface area contributed by atoms with Crippen molar-refractivity contribution in [2.24, 2.45) is 0 Å². The van der Waals surface area contributed by atoms with E-state index in [1.807, 2.05) is 30.3 Å². The predicted molar refractivity (Wildman–Crippen MR) is 84.2 cm³/mol. The van der Waals surface area contributed by atoms with Crippen LogP contribution < -0.4 is 4.74 Å². The van der Waals surface area contributed by atoms with Crippen molar-refractivity contribution in [3.8, 4) is 28.6 Å². The Morgan fingerprint density at radius 1 is 1.14 bits per heavy atom. The van der Waals surface area contributed by atoms with E-state index in [9.17, 15) is 4.79 Å². The maximum absolute atomic E-state index is 11.2. The number of hydrogen-bond donors (Lipinski definition) is 0. The molecule has 0 bridgehead atoms. The summed E-state index contributed by atoms with van der Waals surface area (Å²) in [6.45, 7) is 1.35. The molecule has 6 heteroatoms. The molecule has 0 saturated heterocycles. The second kappa shape index (κ2) is 6.11. The Labute approximate surface area is 135 Å². The Morgan fingerprint density at radius 2 is 1.86 bits per heavy atom. The first-order chi connectivity index (χ1) is 10.6. The monoisotopic (exact) mass is 358 g/mol. The highest BCUT2D eigenvalue weighted by molar-refractivity contribution is 9.10. The van der Waals surface area contributed by atoms with Crippen molar-refractivity contribution in [1.29, 1.82) is 0 Å². The third-order valence-corrected chi connectivity index (χ3v) is 3.43. The molecule has 0 aliphatic rings. The Bertz CT molecular complexity index is 812. The summed E-state index contributed by atoms with van der Waals surface area (Å²) in [4.78, 5) is 15.5. The highest BCUT2D eigenvalue weighted by atomic mass is 79.9. The molecule has 0 amide bonds. The minimum atomic E-state index is -0.403. The predicted octanol–water partition coefficient (Wildman–Crippen LogP) is 4.09. The summed E-state index contributed by atoms with van der Waals surface area (Å²) in [5, 5.41) is 3.97. The van der Waals surface area contributed by atoms with E-state index >= 15 is 0 Å². The first kappa shape index (κ1) is 14.5. The lowest BCUT2D eigenvalue weighted by Crippen LogP contribution is -2.02. The number of esters is 1. The van der Waals surface area contributed by atoms with Gasteiger partial charge in [-0.05, 0) is 36.4 Å². The van der Waals surface area contributed by atoms with Gasteiger partial charge in [-0.15, -0.1) is 0 Å². The van der Waals surface area contributed by atoms with Crippen molar-refractivity contribution in [2.75, 3.05) is 0 Å². The van der Waals surface area contributed by atoms with Crippen LogP contribution in [0.15, 0.2) is 57.5 Å². The lowest BCUT2D eigenvalue weighted by atomic mass is 10.2. The van der Waals surface area contributed by atoms with Crippen LogP contribution in [0.2, 0.25) is 0 Å². The molecule has 1 aromatic heterocycles. The van der Waals surface area contributed by atoms with Crippen LogP contribution in [0.4, 0.5) is 0 Å². The van der Waals surface area contributed by atoms with Crippen LogP contribution in [0.5, 0.6) is 5.75 Å². The molecule has 0 N–H and O–H groups in total. The minimum Gasteiger partial charge on any atom is -0.426 e. The van der Waals surface area contributed by atoms with E-state index in [4.69, 9.17) is 9.26 Å². The SMILES string of the molecule is CC(=O)Oc1ccccc1-c1nc(-c2ccc(Br)cc2)no1. The van der Waals surface area contributed by atoms with Crippen LogP contribution in [-0.2, 0) is 4.79 Å². The molecule has 0 spiro atoms. The van der Waals surface area contributed by atoms with E-state index in [0.717, 1.165) is 10.0 Å². The van der Waals surface area contributed by atoms with E-state index in [0.29, 0.717) is 23.0 Å². The van der Waals surface area contributed by atoms with E-state index in [-0.39, 0.29) is 0 Å². The van der Waals surface area contributed by atoms with Crippen LogP contribution in [0.3, 0.4) is 0 Å². The number of para-hydroxylation sites is 1. The molecule has 0 atom stereocenters. The number of aromatic nitrogens is 2. The summed E-state index contributed by atoms with van der Waals surface area (Å²) in [7, 11) is 0. The van der Waals surface area contributed by atoms with Crippen molar-refractivity contribution in [3.05, 3.63) is 53.0 Å². The molecule has 22 heavy (non-hydrogen) atoms. The van der Waals surface area contributed by atoms with E-state index < -0.39 is 5.97 Å². The van der Waals surface area contributed by atoms with Gasteiger partial charge in [-0.3, -0.25) is 4.79 Å². The molecular formula is C16H11BrN2O3. The van der Waals surface area contributed by atoms with Crippen molar-refractivity contribution in [3.63, 3.8) is 0 Å². The second-order valence-corrected chi connectivity index (χ2v) is 5.44. The molecule has 5 nitrogen and oxygen atoms in total. The third kappa shape index (κ3) is 3.07. The third-order valence-electron chi connectivity index (χ3n) is 2.90. The maximum atomic E-state index is 11.2. The molecule has 0 unspecified atom stereocenters. The average molecular weight is 359 g/mol. The summed E-state index contributed by atoms with van der Waals surface area (Å²) >= 11 is 3.38. The van der Waals surface area contributed by atoms with Crippen molar-refractivity contribution >= 4 is 21.9 Å². The largest absolute Gasteiger partial charge is 0.426 e. The first-order valence-corrected chi connectivity index (χ1v) is 7.30. The van der Waals surface area contributed by atoms with Gasteiger partial charge in [0.2, 0.25) is 5.82 Å². The van der Waals surface area contributed by atoms with Crippen molar-refractivity contribution < 1.29 is 14.1 Å². The Morgan fingerprint density at radius 3 is 2.59 bits per heavy atom. The minimum absolute atomic E-state index is 0.301. The Hall–Kier alpha value is -2.47. The van der Waals surface area contributed by atoms with Crippen molar-refractivity contribution in [1.82, 2.24) is 10.1 Å². The molecule has 3 rings (SSSR count). The molecule has 0 fully saturated rings. The zero-order chi connectivity index (χ0) is 15.5. The van der Waals surface area contributed by atoms with Gasteiger partial charge >= 0.3 is 5.97 Å². The summed E-state index contributed by atoms with van der Waals surface area (Å²) < 4.78 is 11.4. The number of nitrogens with zero attached hydrogens (tertiary/aromatic N) is 2. The van der Waals surface area contributed by atoms with Crippen LogP contribution in [0.1, 0.15) is 6.92 Å². The molecule has 0 saturated carbocycles. The average Bonchev–Trinajstić information content (AvgIpc) is 2.97. The fourth-order valence-corrected chi connectivity index (χ4v) is 2.20. The van der Waals surface area contributed by atoms with Gasteiger partial charge in [0, 0.05) is 17.0 Å². The topological polar surface area (TPSA) is 65.2 Å². The lowest BCUT2D eigenvalue weighted by Gasteiger charge is -2.04. The van der Waals surface area contributed by atoms with Gasteiger partial charge < -0.3 is 9.26 Å².